The highest BCUT2D eigenvalue weighted by molar-refractivity contribution is 7.91. The minimum Gasteiger partial charge on any atom is -0.333 e. The maximum absolute atomic E-state index is 12.5. The first-order valence-corrected chi connectivity index (χ1v) is 9.14. The first kappa shape index (κ1) is 14.7. The lowest BCUT2D eigenvalue weighted by atomic mass is 10.1. The second-order valence-corrected chi connectivity index (χ2v) is 8.53. The van der Waals surface area contributed by atoms with Gasteiger partial charge in [0.25, 0.3) is 10.0 Å². The number of nitrogens with one attached hydrogen (secondary N) is 1. The van der Waals surface area contributed by atoms with Gasteiger partial charge in [-0.3, -0.25) is 0 Å². The average molecular weight is 326 g/mol. The average Bonchev–Trinajstić information content (AvgIpc) is 2.90. The molecule has 1 aliphatic heterocycles. The molecular weight excluding hydrogens is 308 g/mol. The third-order valence-corrected chi connectivity index (χ3v) is 6.74. The van der Waals surface area contributed by atoms with E-state index in [2.05, 4.69) is 14.7 Å². The van der Waals surface area contributed by atoms with Gasteiger partial charge < -0.3 is 4.57 Å². The number of thiazole rings is 1. The molecule has 0 fully saturated rings. The molecule has 0 radical (unpaired) electrons. The predicted octanol–water partition coefficient (Wildman–Crippen LogP) is 1.56. The van der Waals surface area contributed by atoms with Crippen LogP contribution in [0.4, 0.5) is 0 Å². The molecule has 6 nitrogen and oxygen atoms in total. The van der Waals surface area contributed by atoms with Gasteiger partial charge in [0.15, 0.2) is 4.21 Å². The van der Waals surface area contributed by atoms with Crippen LogP contribution in [0.1, 0.15) is 28.6 Å². The molecule has 114 valence electrons. The number of aromatic nitrogens is 3. The number of sulfonamides is 1. The fourth-order valence-corrected chi connectivity index (χ4v) is 5.48. The van der Waals surface area contributed by atoms with E-state index < -0.39 is 10.0 Å². The van der Waals surface area contributed by atoms with Crippen LogP contribution < -0.4 is 4.72 Å². The molecular formula is C13H18N4O2S2. The number of aryl methyl sites for hydroxylation is 4. The van der Waals surface area contributed by atoms with Crippen molar-refractivity contribution in [2.75, 3.05) is 0 Å². The number of nitrogens with zero attached hydrogens (tertiary/aromatic N) is 3. The standard InChI is InChI=1S/C13H18N4O2S2/c1-8-6-17-7-11(4-5-12(17)14-8)16-21(18,19)13-9(2)15-10(3)20-13/h6,11,16H,4-5,7H2,1-3H3/t11-/m1/s1. The summed E-state index contributed by atoms with van der Waals surface area (Å²) in [6, 6.07) is -0.0992. The van der Waals surface area contributed by atoms with Gasteiger partial charge in [0.1, 0.15) is 5.82 Å². The van der Waals surface area contributed by atoms with E-state index in [1.807, 2.05) is 24.6 Å². The first-order chi connectivity index (χ1) is 9.85. The molecule has 2 aromatic heterocycles. The Bertz CT molecular complexity index is 776. The Labute approximate surface area is 128 Å². The quantitative estimate of drug-likeness (QED) is 0.928. The molecule has 0 aromatic carbocycles. The Kier molecular flexibility index (Phi) is 3.62. The summed E-state index contributed by atoms with van der Waals surface area (Å²) in [5.74, 6) is 1.03. The van der Waals surface area contributed by atoms with E-state index in [0.717, 1.165) is 29.4 Å². The van der Waals surface area contributed by atoms with Gasteiger partial charge in [-0.05, 0) is 27.2 Å². The zero-order chi connectivity index (χ0) is 15.2. The summed E-state index contributed by atoms with van der Waals surface area (Å²) in [6.45, 7) is 6.13. The third kappa shape index (κ3) is 2.88. The summed E-state index contributed by atoms with van der Waals surface area (Å²) in [6.07, 6.45) is 3.53. The van der Waals surface area contributed by atoms with E-state index in [-0.39, 0.29) is 6.04 Å². The van der Waals surface area contributed by atoms with Crippen molar-refractivity contribution in [2.45, 2.75) is 50.4 Å². The van der Waals surface area contributed by atoms with Gasteiger partial charge in [0.05, 0.1) is 16.4 Å². The minimum absolute atomic E-state index is 0.0992. The zero-order valence-electron chi connectivity index (χ0n) is 12.3. The molecule has 1 aliphatic rings. The lowest BCUT2D eigenvalue weighted by molar-refractivity contribution is 0.421. The SMILES string of the molecule is Cc1cn2c(n1)CC[C@@H](NS(=O)(=O)c1sc(C)nc1C)C2. The number of hydrogen-bond donors (Lipinski definition) is 1. The predicted molar refractivity (Wildman–Crippen MR) is 81.0 cm³/mol. The summed E-state index contributed by atoms with van der Waals surface area (Å²) < 4.78 is 30.1. The van der Waals surface area contributed by atoms with E-state index in [9.17, 15) is 8.42 Å². The summed E-state index contributed by atoms with van der Waals surface area (Å²) in [4.78, 5) is 8.63. The van der Waals surface area contributed by atoms with Crippen LogP contribution >= 0.6 is 11.3 Å². The van der Waals surface area contributed by atoms with Crippen LogP contribution in [-0.4, -0.2) is 29.0 Å². The summed E-state index contributed by atoms with van der Waals surface area (Å²) in [7, 11) is -3.49. The third-order valence-electron chi connectivity index (χ3n) is 3.54. The van der Waals surface area contributed by atoms with E-state index in [1.165, 1.54) is 11.3 Å². The van der Waals surface area contributed by atoms with Crippen molar-refractivity contribution >= 4 is 21.4 Å². The van der Waals surface area contributed by atoms with Crippen molar-refractivity contribution in [2.24, 2.45) is 0 Å². The van der Waals surface area contributed by atoms with Gasteiger partial charge in [-0.2, -0.15) is 0 Å². The second kappa shape index (κ2) is 5.19. The van der Waals surface area contributed by atoms with Crippen molar-refractivity contribution in [3.8, 4) is 0 Å². The minimum atomic E-state index is -3.49. The maximum atomic E-state index is 12.5. The normalized spacial score (nSPS) is 18.7. The van der Waals surface area contributed by atoms with E-state index in [1.54, 1.807) is 6.92 Å². The molecule has 1 atom stereocenters. The van der Waals surface area contributed by atoms with E-state index >= 15 is 0 Å². The molecule has 3 heterocycles. The first-order valence-electron chi connectivity index (χ1n) is 6.84. The Morgan fingerprint density at radius 1 is 1.33 bits per heavy atom. The van der Waals surface area contributed by atoms with Gasteiger partial charge in [0, 0.05) is 25.2 Å². The molecule has 21 heavy (non-hydrogen) atoms. The van der Waals surface area contributed by atoms with Gasteiger partial charge in [-0.15, -0.1) is 11.3 Å². The molecule has 0 bridgehead atoms. The molecule has 8 heteroatoms. The fourth-order valence-electron chi connectivity index (χ4n) is 2.72. The number of hydrogen-bond acceptors (Lipinski definition) is 5. The van der Waals surface area contributed by atoms with Crippen LogP contribution in [0.2, 0.25) is 0 Å². The fraction of sp³-hybridized carbons (Fsp3) is 0.538. The summed E-state index contributed by atoms with van der Waals surface area (Å²) >= 11 is 1.22. The van der Waals surface area contributed by atoms with Crippen LogP contribution in [0.15, 0.2) is 10.4 Å². The van der Waals surface area contributed by atoms with Crippen molar-refractivity contribution in [1.29, 1.82) is 0 Å². The number of fused-ring (bicyclic) bond motifs is 1. The van der Waals surface area contributed by atoms with E-state index in [0.29, 0.717) is 16.4 Å². The van der Waals surface area contributed by atoms with Gasteiger partial charge in [-0.1, -0.05) is 0 Å². The largest absolute Gasteiger partial charge is 0.333 e. The van der Waals surface area contributed by atoms with Crippen molar-refractivity contribution in [1.82, 2.24) is 19.3 Å². The smallest absolute Gasteiger partial charge is 0.252 e. The lowest BCUT2D eigenvalue weighted by Crippen LogP contribution is -2.40. The van der Waals surface area contributed by atoms with Crippen LogP contribution in [0, 0.1) is 20.8 Å². The Morgan fingerprint density at radius 2 is 2.10 bits per heavy atom. The lowest BCUT2D eigenvalue weighted by Gasteiger charge is -2.24. The molecule has 1 N–H and O–H groups in total. The molecule has 0 unspecified atom stereocenters. The van der Waals surface area contributed by atoms with Crippen molar-refractivity contribution < 1.29 is 8.42 Å². The highest BCUT2D eigenvalue weighted by atomic mass is 32.2. The summed E-state index contributed by atoms with van der Waals surface area (Å²) in [5, 5.41) is 0.768. The Morgan fingerprint density at radius 3 is 2.76 bits per heavy atom. The zero-order valence-corrected chi connectivity index (χ0v) is 13.9. The highest BCUT2D eigenvalue weighted by Gasteiger charge is 2.27. The van der Waals surface area contributed by atoms with Crippen LogP contribution in [0.5, 0.6) is 0 Å². The molecule has 2 aromatic rings. The number of rotatable bonds is 3. The van der Waals surface area contributed by atoms with Crippen LogP contribution in [-0.2, 0) is 23.0 Å². The van der Waals surface area contributed by atoms with Gasteiger partial charge in [0.2, 0.25) is 0 Å². The van der Waals surface area contributed by atoms with Gasteiger partial charge in [-0.25, -0.2) is 23.1 Å². The monoisotopic (exact) mass is 326 g/mol. The molecule has 0 saturated carbocycles. The Hall–Kier alpha value is -1.25. The molecule has 0 amide bonds. The molecule has 0 spiro atoms. The Balaban J connectivity index is 1.79. The van der Waals surface area contributed by atoms with Crippen LogP contribution in [0.3, 0.4) is 0 Å². The topological polar surface area (TPSA) is 76.9 Å². The number of imidazole rings is 1. The second-order valence-electron chi connectivity index (χ2n) is 5.41. The molecule has 0 saturated heterocycles. The maximum Gasteiger partial charge on any atom is 0.252 e. The summed E-state index contributed by atoms with van der Waals surface area (Å²) in [5.41, 5.74) is 1.54. The van der Waals surface area contributed by atoms with Crippen molar-refractivity contribution in [3.63, 3.8) is 0 Å². The highest BCUT2D eigenvalue weighted by Crippen LogP contribution is 2.24. The van der Waals surface area contributed by atoms with E-state index in [4.69, 9.17) is 0 Å². The van der Waals surface area contributed by atoms with Gasteiger partial charge >= 0.3 is 0 Å². The molecule has 0 aliphatic carbocycles. The van der Waals surface area contributed by atoms with Crippen LogP contribution in [0.25, 0.3) is 0 Å². The molecule has 3 rings (SSSR count). The van der Waals surface area contributed by atoms with Crippen molar-refractivity contribution in [3.05, 3.63) is 28.4 Å².